The van der Waals surface area contributed by atoms with E-state index in [1.54, 1.807) is 0 Å². The van der Waals surface area contributed by atoms with Crippen molar-refractivity contribution in [2.24, 2.45) is 11.7 Å². The Hall–Kier alpha value is -1.02. The molecule has 1 aliphatic heterocycles. The van der Waals surface area contributed by atoms with Crippen LogP contribution in [0.3, 0.4) is 0 Å². The average Bonchev–Trinajstić information content (AvgIpc) is 2.68. The number of ether oxygens (including phenoxy) is 1. The van der Waals surface area contributed by atoms with Crippen molar-refractivity contribution in [1.82, 2.24) is 0 Å². The van der Waals surface area contributed by atoms with Gasteiger partial charge in [-0.05, 0) is 30.5 Å². The third kappa shape index (κ3) is 2.32. The van der Waals surface area contributed by atoms with Crippen LogP contribution in [0, 0.1) is 5.92 Å². The molecule has 2 heteroatoms. The Kier molecular flexibility index (Phi) is 3.27. The van der Waals surface area contributed by atoms with Gasteiger partial charge in [-0.3, -0.25) is 0 Å². The van der Waals surface area contributed by atoms with E-state index in [4.69, 9.17) is 10.5 Å². The molecule has 2 nitrogen and oxygen atoms in total. The molecule has 1 aliphatic rings. The summed E-state index contributed by atoms with van der Waals surface area (Å²) in [6.45, 7) is 2.96. The number of rotatable bonds is 4. The molecule has 2 unspecified atom stereocenters. The second kappa shape index (κ2) is 4.67. The fourth-order valence-electron chi connectivity index (χ4n) is 2.19. The quantitative estimate of drug-likeness (QED) is 0.819. The van der Waals surface area contributed by atoms with Crippen molar-refractivity contribution in [3.8, 4) is 5.75 Å². The summed E-state index contributed by atoms with van der Waals surface area (Å²) in [6, 6.07) is 8.31. The van der Waals surface area contributed by atoms with E-state index in [0.29, 0.717) is 12.0 Å². The van der Waals surface area contributed by atoms with Crippen molar-refractivity contribution >= 4 is 0 Å². The smallest absolute Gasteiger partial charge is 0.123 e. The van der Waals surface area contributed by atoms with Crippen LogP contribution in [0.5, 0.6) is 5.75 Å². The highest BCUT2D eigenvalue weighted by Crippen LogP contribution is 2.31. The molecule has 0 saturated heterocycles. The van der Waals surface area contributed by atoms with E-state index in [1.807, 2.05) is 6.07 Å². The molecule has 0 fully saturated rings. The zero-order valence-corrected chi connectivity index (χ0v) is 9.28. The number of nitrogens with two attached hydrogens (primary N) is 1. The number of hydrogen-bond donors (Lipinski definition) is 1. The lowest BCUT2D eigenvalue weighted by Crippen LogP contribution is -2.23. The summed E-state index contributed by atoms with van der Waals surface area (Å²) in [6.07, 6.45) is 3.62. The summed E-state index contributed by atoms with van der Waals surface area (Å²) in [7, 11) is 0. The summed E-state index contributed by atoms with van der Waals surface area (Å²) in [5, 5.41) is 0. The van der Waals surface area contributed by atoms with E-state index in [9.17, 15) is 0 Å². The van der Waals surface area contributed by atoms with E-state index in [0.717, 1.165) is 31.6 Å². The average molecular weight is 205 g/mol. The third-order valence-electron chi connectivity index (χ3n) is 3.22. The molecule has 0 aromatic heterocycles. The fraction of sp³-hybridized carbons (Fsp3) is 0.538. The highest BCUT2D eigenvalue weighted by Gasteiger charge is 2.24. The van der Waals surface area contributed by atoms with Crippen LogP contribution < -0.4 is 10.5 Å². The predicted molar refractivity (Wildman–Crippen MR) is 62.0 cm³/mol. The van der Waals surface area contributed by atoms with Gasteiger partial charge in [0.15, 0.2) is 0 Å². The SMILES string of the molecule is CCC(CN)CC1Cc2ccccc2O1. The summed E-state index contributed by atoms with van der Waals surface area (Å²) in [5.74, 6) is 1.67. The summed E-state index contributed by atoms with van der Waals surface area (Å²) in [5.41, 5.74) is 7.05. The van der Waals surface area contributed by atoms with Crippen molar-refractivity contribution in [2.45, 2.75) is 32.3 Å². The Morgan fingerprint density at radius 2 is 2.27 bits per heavy atom. The molecule has 82 valence electrons. The first-order chi connectivity index (χ1) is 7.33. The lowest BCUT2D eigenvalue weighted by atomic mass is 9.96. The molecule has 0 aliphatic carbocycles. The molecular formula is C13H19NO. The van der Waals surface area contributed by atoms with E-state index in [1.165, 1.54) is 5.56 Å². The van der Waals surface area contributed by atoms with Gasteiger partial charge in [0.1, 0.15) is 11.9 Å². The molecule has 1 aromatic carbocycles. The molecule has 2 rings (SSSR count). The van der Waals surface area contributed by atoms with E-state index in [-0.39, 0.29) is 0 Å². The summed E-state index contributed by atoms with van der Waals surface area (Å²) >= 11 is 0. The van der Waals surface area contributed by atoms with Crippen molar-refractivity contribution < 1.29 is 4.74 Å². The summed E-state index contributed by atoms with van der Waals surface area (Å²) in [4.78, 5) is 0. The van der Waals surface area contributed by atoms with Gasteiger partial charge in [-0.15, -0.1) is 0 Å². The van der Waals surface area contributed by atoms with Crippen molar-refractivity contribution in [3.05, 3.63) is 29.8 Å². The Morgan fingerprint density at radius 1 is 1.47 bits per heavy atom. The van der Waals surface area contributed by atoms with Gasteiger partial charge in [0.05, 0.1) is 0 Å². The molecule has 0 saturated carbocycles. The van der Waals surface area contributed by atoms with E-state index in [2.05, 4.69) is 25.1 Å². The minimum Gasteiger partial charge on any atom is -0.490 e. The fourth-order valence-corrected chi connectivity index (χ4v) is 2.19. The third-order valence-corrected chi connectivity index (χ3v) is 3.22. The molecule has 15 heavy (non-hydrogen) atoms. The molecular weight excluding hydrogens is 186 g/mol. The van der Waals surface area contributed by atoms with Crippen LogP contribution in [0.15, 0.2) is 24.3 Å². The number of benzene rings is 1. The first kappa shape index (κ1) is 10.5. The highest BCUT2D eigenvalue weighted by molar-refractivity contribution is 5.37. The maximum Gasteiger partial charge on any atom is 0.123 e. The Labute approximate surface area is 91.4 Å². The Bertz CT molecular complexity index is 295. The Balaban J connectivity index is 1.95. The lowest BCUT2D eigenvalue weighted by molar-refractivity contribution is 0.193. The summed E-state index contributed by atoms with van der Waals surface area (Å²) < 4.78 is 5.89. The standard InChI is InChI=1S/C13H19NO/c1-2-10(9-14)7-12-8-11-5-3-4-6-13(11)15-12/h3-6,10,12H,2,7-9,14H2,1H3. The van der Waals surface area contributed by atoms with Gasteiger partial charge in [0.2, 0.25) is 0 Å². The molecule has 1 heterocycles. The predicted octanol–water partition coefficient (Wildman–Crippen LogP) is 2.37. The van der Waals surface area contributed by atoms with E-state index < -0.39 is 0 Å². The van der Waals surface area contributed by atoms with Gasteiger partial charge in [0.25, 0.3) is 0 Å². The zero-order chi connectivity index (χ0) is 10.7. The maximum atomic E-state index is 5.89. The molecule has 0 amide bonds. The van der Waals surface area contributed by atoms with Gasteiger partial charge in [-0.1, -0.05) is 31.5 Å². The van der Waals surface area contributed by atoms with E-state index >= 15 is 0 Å². The van der Waals surface area contributed by atoms with Crippen molar-refractivity contribution in [2.75, 3.05) is 6.54 Å². The number of para-hydroxylation sites is 1. The van der Waals surface area contributed by atoms with Crippen LogP contribution in [0.4, 0.5) is 0 Å². The van der Waals surface area contributed by atoms with Crippen molar-refractivity contribution in [3.63, 3.8) is 0 Å². The maximum absolute atomic E-state index is 5.89. The number of fused-ring (bicyclic) bond motifs is 1. The van der Waals surface area contributed by atoms with Gasteiger partial charge < -0.3 is 10.5 Å². The van der Waals surface area contributed by atoms with Crippen LogP contribution >= 0.6 is 0 Å². The van der Waals surface area contributed by atoms with Crippen LogP contribution in [-0.4, -0.2) is 12.6 Å². The largest absolute Gasteiger partial charge is 0.490 e. The lowest BCUT2D eigenvalue weighted by Gasteiger charge is -2.17. The topological polar surface area (TPSA) is 35.2 Å². The molecule has 0 radical (unpaired) electrons. The highest BCUT2D eigenvalue weighted by atomic mass is 16.5. The zero-order valence-electron chi connectivity index (χ0n) is 9.28. The van der Waals surface area contributed by atoms with Crippen LogP contribution in [0.25, 0.3) is 0 Å². The minimum absolute atomic E-state index is 0.343. The van der Waals surface area contributed by atoms with Gasteiger partial charge >= 0.3 is 0 Å². The number of hydrogen-bond acceptors (Lipinski definition) is 2. The van der Waals surface area contributed by atoms with Crippen LogP contribution in [0.1, 0.15) is 25.3 Å². The van der Waals surface area contributed by atoms with Crippen molar-refractivity contribution in [1.29, 1.82) is 0 Å². The molecule has 0 bridgehead atoms. The first-order valence-corrected chi connectivity index (χ1v) is 5.78. The monoisotopic (exact) mass is 205 g/mol. The second-order valence-electron chi connectivity index (χ2n) is 4.30. The minimum atomic E-state index is 0.343. The molecule has 2 N–H and O–H groups in total. The van der Waals surface area contributed by atoms with Gasteiger partial charge in [0, 0.05) is 6.42 Å². The first-order valence-electron chi connectivity index (χ1n) is 5.78. The van der Waals surface area contributed by atoms with Crippen LogP contribution in [0.2, 0.25) is 0 Å². The molecule has 2 atom stereocenters. The molecule has 1 aromatic rings. The van der Waals surface area contributed by atoms with Gasteiger partial charge in [-0.2, -0.15) is 0 Å². The normalized spacial score (nSPS) is 20.8. The van der Waals surface area contributed by atoms with Gasteiger partial charge in [-0.25, -0.2) is 0 Å². The Morgan fingerprint density at radius 3 is 2.93 bits per heavy atom. The van der Waals surface area contributed by atoms with Crippen LogP contribution in [-0.2, 0) is 6.42 Å². The molecule has 0 spiro atoms. The second-order valence-corrected chi connectivity index (χ2v) is 4.30.